The maximum atomic E-state index is 13.0. The lowest BCUT2D eigenvalue weighted by Crippen LogP contribution is -2.18. The van der Waals surface area contributed by atoms with Gasteiger partial charge in [-0.25, -0.2) is 9.97 Å². The first kappa shape index (κ1) is 19.9. The van der Waals surface area contributed by atoms with Crippen LogP contribution in [-0.4, -0.2) is 30.2 Å². The number of alkyl halides is 3. The lowest BCUT2D eigenvalue weighted by atomic mass is 10.2. The number of aryl methyl sites for hydroxylation is 1. The summed E-state index contributed by atoms with van der Waals surface area (Å²) in [6.45, 7) is 3.82. The molecule has 0 aliphatic carbocycles. The summed E-state index contributed by atoms with van der Waals surface area (Å²) < 4.78 is 42.3. The Morgan fingerprint density at radius 2 is 1.97 bits per heavy atom. The number of benzene rings is 1. The number of pyridine rings is 1. The maximum absolute atomic E-state index is 13.0. The number of carbonyl (C=O) groups is 1. The summed E-state index contributed by atoms with van der Waals surface area (Å²) in [5.41, 5.74) is 0.773. The van der Waals surface area contributed by atoms with Gasteiger partial charge in [-0.15, -0.1) is 0 Å². The molecule has 0 atom stereocenters. The highest BCUT2D eigenvalue weighted by atomic mass is 19.4. The molecule has 0 spiro atoms. The summed E-state index contributed by atoms with van der Waals surface area (Å²) in [4.78, 5) is 20.6. The molecule has 0 fully saturated rings. The average Bonchev–Trinajstić information content (AvgIpc) is 3.22. The highest BCUT2D eigenvalue weighted by molar-refractivity contribution is 5.99. The molecule has 4 aromatic rings. The van der Waals surface area contributed by atoms with Crippen LogP contribution in [0.15, 0.2) is 36.7 Å². The van der Waals surface area contributed by atoms with Gasteiger partial charge >= 0.3 is 6.18 Å². The average molecular weight is 416 g/mol. The SMILES string of the molecule is CC(C)C(=O)Nc1nccc2nn(Cc3nc4cc(C(F)(F)F)ccc4n3C)cc12. The van der Waals surface area contributed by atoms with Gasteiger partial charge in [-0.05, 0) is 24.3 Å². The molecule has 0 radical (unpaired) electrons. The first-order valence-corrected chi connectivity index (χ1v) is 9.29. The molecule has 3 heterocycles. The van der Waals surface area contributed by atoms with E-state index in [1.165, 1.54) is 6.07 Å². The fourth-order valence-electron chi connectivity index (χ4n) is 3.15. The van der Waals surface area contributed by atoms with Crippen LogP contribution >= 0.6 is 0 Å². The molecule has 4 rings (SSSR count). The second-order valence-corrected chi connectivity index (χ2v) is 7.35. The summed E-state index contributed by atoms with van der Waals surface area (Å²) in [5.74, 6) is 0.618. The molecule has 1 N–H and O–H groups in total. The van der Waals surface area contributed by atoms with Crippen molar-refractivity contribution in [3.8, 4) is 0 Å². The minimum Gasteiger partial charge on any atom is -0.330 e. The first-order chi connectivity index (χ1) is 14.1. The summed E-state index contributed by atoms with van der Waals surface area (Å²) in [5, 5.41) is 7.94. The quantitative estimate of drug-likeness (QED) is 0.546. The molecule has 0 bridgehead atoms. The van der Waals surface area contributed by atoms with Crippen LogP contribution in [0, 0.1) is 5.92 Å². The number of hydrogen-bond donors (Lipinski definition) is 1. The molecule has 0 saturated heterocycles. The molecule has 30 heavy (non-hydrogen) atoms. The Hall–Kier alpha value is -3.43. The Balaban J connectivity index is 1.68. The number of hydrogen-bond acceptors (Lipinski definition) is 4. The Bertz CT molecular complexity index is 1250. The third kappa shape index (κ3) is 3.60. The van der Waals surface area contributed by atoms with E-state index in [1.807, 2.05) is 0 Å². The lowest BCUT2D eigenvalue weighted by Gasteiger charge is -2.06. The van der Waals surface area contributed by atoms with Crippen LogP contribution in [0.1, 0.15) is 25.2 Å². The molecule has 0 aliphatic rings. The van der Waals surface area contributed by atoms with Crippen molar-refractivity contribution >= 4 is 33.7 Å². The van der Waals surface area contributed by atoms with Gasteiger partial charge in [-0.3, -0.25) is 9.48 Å². The molecule has 0 aliphatic heterocycles. The lowest BCUT2D eigenvalue weighted by molar-refractivity contribution is -0.137. The van der Waals surface area contributed by atoms with Crippen molar-refractivity contribution < 1.29 is 18.0 Å². The van der Waals surface area contributed by atoms with Crippen LogP contribution in [0.25, 0.3) is 21.9 Å². The summed E-state index contributed by atoms with van der Waals surface area (Å²) in [6.07, 6.45) is -1.13. The predicted octanol–water partition coefficient (Wildman–Crippen LogP) is 3.98. The predicted molar refractivity (Wildman–Crippen MR) is 106 cm³/mol. The number of nitrogens with one attached hydrogen (secondary N) is 1. The van der Waals surface area contributed by atoms with Gasteiger partial charge in [0, 0.05) is 25.4 Å². The normalized spacial score (nSPS) is 12.2. The van der Waals surface area contributed by atoms with Gasteiger partial charge in [0.15, 0.2) is 0 Å². The molecule has 1 amide bonds. The molecular formula is C20H19F3N6O. The van der Waals surface area contributed by atoms with Crippen LogP contribution in [-0.2, 0) is 24.6 Å². The Labute approximate surface area is 169 Å². The van der Waals surface area contributed by atoms with Crippen molar-refractivity contribution in [1.29, 1.82) is 0 Å². The number of amides is 1. The number of nitrogens with zero attached hydrogens (tertiary/aromatic N) is 5. The highest BCUT2D eigenvalue weighted by Crippen LogP contribution is 2.31. The molecule has 0 saturated carbocycles. The summed E-state index contributed by atoms with van der Waals surface area (Å²) in [6, 6.07) is 5.23. The van der Waals surface area contributed by atoms with E-state index in [2.05, 4.69) is 20.4 Å². The van der Waals surface area contributed by atoms with Gasteiger partial charge < -0.3 is 9.88 Å². The second kappa shape index (κ2) is 7.12. The third-order valence-corrected chi connectivity index (χ3v) is 4.85. The second-order valence-electron chi connectivity index (χ2n) is 7.35. The largest absolute Gasteiger partial charge is 0.416 e. The summed E-state index contributed by atoms with van der Waals surface area (Å²) >= 11 is 0. The number of rotatable bonds is 4. The van der Waals surface area contributed by atoms with Gasteiger partial charge in [0.1, 0.15) is 11.6 Å². The van der Waals surface area contributed by atoms with Gasteiger partial charge in [-0.1, -0.05) is 13.8 Å². The molecule has 3 aromatic heterocycles. The standard InChI is InChI=1S/C20H19F3N6O/c1-11(2)19(30)26-18-13-9-29(27-14(13)6-7-24-18)10-17-25-15-8-12(20(21,22)23)4-5-16(15)28(17)3/h4-9,11H,10H2,1-3H3,(H,24,26,30). The van der Waals surface area contributed by atoms with E-state index in [0.29, 0.717) is 28.1 Å². The van der Waals surface area contributed by atoms with Crippen molar-refractivity contribution in [2.75, 3.05) is 5.32 Å². The van der Waals surface area contributed by atoms with E-state index < -0.39 is 11.7 Å². The van der Waals surface area contributed by atoms with Crippen molar-refractivity contribution in [2.24, 2.45) is 13.0 Å². The smallest absolute Gasteiger partial charge is 0.330 e. The molecule has 0 unspecified atom stereocenters. The topological polar surface area (TPSA) is 77.6 Å². The van der Waals surface area contributed by atoms with Crippen LogP contribution in [0.5, 0.6) is 0 Å². The number of aromatic nitrogens is 5. The van der Waals surface area contributed by atoms with E-state index in [-0.39, 0.29) is 23.9 Å². The van der Waals surface area contributed by atoms with Gasteiger partial charge in [-0.2, -0.15) is 18.3 Å². The molecule has 156 valence electrons. The van der Waals surface area contributed by atoms with Crippen molar-refractivity contribution in [1.82, 2.24) is 24.3 Å². The molecule has 10 heteroatoms. The van der Waals surface area contributed by atoms with Crippen molar-refractivity contribution in [3.63, 3.8) is 0 Å². The minimum absolute atomic E-state index is 0.154. The van der Waals surface area contributed by atoms with Crippen molar-refractivity contribution in [3.05, 3.63) is 48.0 Å². The monoisotopic (exact) mass is 416 g/mol. The highest BCUT2D eigenvalue weighted by Gasteiger charge is 2.31. The van der Waals surface area contributed by atoms with Gasteiger partial charge in [0.25, 0.3) is 0 Å². The van der Waals surface area contributed by atoms with E-state index in [0.717, 1.165) is 12.1 Å². The number of imidazole rings is 1. The zero-order valence-corrected chi connectivity index (χ0v) is 16.5. The van der Waals surface area contributed by atoms with Crippen LogP contribution in [0.3, 0.4) is 0 Å². The number of halogens is 3. The fraction of sp³-hybridized carbons (Fsp3) is 0.300. The minimum atomic E-state index is -4.42. The van der Waals surface area contributed by atoms with E-state index >= 15 is 0 Å². The van der Waals surface area contributed by atoms with Crippen LogP contribution in [0.2, 0.25) is 0 Å². The number of carbonyl (C=O) groups excluding carboxylic acids is 1. The Kier molecular flexibility index (Phi) is 4.71. The Morgan fingerprint density at radius 3 is 2.67 bits per heavy atom. The fourth-order valence-corrected chi connectivity index (χ4v) is 3.15. The molecular weight excluding hydrogens is 397 g/mol. The molecule has 1 aromatic carbocycles. The number of anilines is 1. The van der Waals surface area contributed by atoms with E-state index in [9.17, 15) is 18.0 Å². The Morgan fingerprint density at radius 1 is 1.20 bits per heavy atom. The third-order valence-electron chi connectivity index (χ3n) is 4.85. The zero-order valence-electron chi connectivity index (χ0n) is 16.5. The van der Waals surface area contributed by atoms with Gasteiger partial charge in [0.2, 0.25) is 5.91 Å². The van der Waals surface area contributed by atoms with Crippen LogP contribution < -0.4 is 5.32 Å². The van der Waals surface area contributed by atoms with E-state index in [1.54, 1.807) is 48.6 Å². The summed E-state index contributed by atoms with van der Waals surface area (Å²) in [7, 11) is 1.75. The van der Waals surface area contributed by atoms with E-state index in [4.69, 9.17) is 0 Å². The number of fused-ring (bicyclic) bond motifs is 2. The zero-order chi connectivity index (χ0) is 21.6. The van der Waals surface area contributed by atoms with Crippen LogP contribution in [0.4, 0.5) is 19.0 Å². The van der Waals surface area contributed by atoms with Gasteiger partial charge in [0.05, 0.1) is 34.0 Å². The van der Waals surface area contributed by atoms with Crippen molar-refractivity contribution in [2.45, 2.75) is 26.6 Å². The maximum Gasteiger partial charge on any atom is 0.416 e. The first-order valence-electron chi connectivity index (χ1n) is 9.29. The molecule has 7 nitrogen and oxygen atoms in total.